The van der Waals surface area contributed by atoms with E-state index in [-0.39, 0.29) is 23.4 Å². The molecule has 0 fully saturated rings. The molecule has 0 heterocycles. The summed E-state index contributed by atoms with van der Waals surface area (Å²) in [6.45, 7) is 8.97. The van der Waals surface area contributed by atoms with Gasteiger partial charge in [0.15, 0.2) is 0 Å². The number of carbonyl (C=O) groups excluding carboxylic acids is 1. The Balaban J connectivity index is 4.25. The number of carbonyl (C=O) groups is 1. The Kier molecular flexibility index (Phi) is 5.91. The van der Waals surface area contributed by atoms with Gasteiger partial charge in [0, 0.05) is 17.4 Å². The fourth-order valence-electron chi connectivity index (χ4n) is 1.28. The second-order valence-electron chi connectivity index (χ2n) is 5.34. The van der Waals surface area contributed by atoms with Crippen molar-refractivity contribution in [2.75, 3.05) is 6.54 Å². The molecular formula is C11H22N2O4. The van der Waals surface area contributed by atoms with Gasteiger partial charge in [-0.1, -0.05) is 13.8 Å². The molecule has 1 N–H and O–H groups in total. The second kappa shape index (κ2) is 6.42. The van der Waals surface area contributed by atoms with Crippen LogP contribution in [0.3, 0.4) is 0 Å². The number of rotatable bonds is 5. The topological polar surface area (TPSA) is 81.5 Å². The molecule has 0 saturated carbocycles. The molecule has 6 nitrogen and oxygen atoms in total. The van der Waals surface area contributed by atoms with Crippen LogP contribution in [-0.4, -0.2) is 29.2 Å². The zero-order valence-electron chi connectivity index (χ0n) is 11.1. The van der Waals surface area contributed by atoms with E-state index in [9.17, 15) is 14.9 Å². The third-order valence-corrected chi connectivity index (χ3v) is 2.13. The molecule has 0 aliphatic carbocycles. The quantitative estimate of drug-likeness (QED) is 0.595. The van der Waals surface area contributed by atoms with Crippen LogP contribution in [0.2, 0.25) is 0 Å². The average molecular weight is 246 g/mol. The Morgan fingerprint density at radius 3 is 2.29 bits per heavy atom. The fourth-order valence-corrected chi connectivity index (χ4v) is 1.28. The zero-order valence-corrected chi connectivity index (χ0v) is 11.1. The molecule has 0 aliphatic rings. The monoisotopic (exact) mass is 246 g/mol. The van der Waals surface area contributed by atoms with Crippen LogP contribution in [0.15, 0.2) is 0 Å². The van der Waals surface area contributed by atoms with Crippen LogP contribution in [0.25, 0.3) is 0 Å². The van der Waals surface area contributed by atoms with Gasteiger partial charge in [0.1, 0.15) is 5.60 Å². The van der Waals surface area contributed by atoms with Crippen molar-refractivity contribution in [1.82, 2.24) is 5.32 Å². The standard InChI is InChI=1S/C11H22N2O4/c1-8(2)9(6-7-13(15)16)12-10(14)17-11(3,4)5/h8-9H,6-7H2,1-5H3,(H,12,14). The summed E-state index contributed by atoms with van der Waals surface area (Å²) in [5.41, 5.74) is -0.561. The number of hydrogen-bond donors (Lipinski definition) is 1. The summed E-state index contributed by atoms with van der Waals surface area (Å²) >= 11 is 0. The lowest BCUT2D eigenvalue weighted by molar-refractivity contribution is -0.481. The zero-order chi connectivity index (χ0) is 13.6. The largest absolute Gasteiger partial charge is 0.444 e. The highest BCUT2D eigenvalue weighted by Gasteiger charge is 2.22. The van der Waals surface area contributed by atoms with Gasteiger partial charge in [-0.25, -0.2) is 4.79 Å². The SMILES string of the molecule is CC(C)C(CC[N+](=O)[O-])NC(=O)OC(C)(C)C. The fraction of sp³-hybridized carbons (Fsp3) is 0.909. The van der Waals surface area contributed by atoms with Crippen molar-refractivity contribution in [2.45, 2.75) is 52.7 Å². The summed E-state index contributed by atoms with van der Waals surface area (Å²) in [7, 11) is 0. The molecule has 0 aromatic rings. The Morgan fingerprint density at radius 2 is 1.94 bits per heavy atom. The van der Waals surface area contributed by atoms with Crippen molar-refractivity contribution < 1.29 is 14.5 Å². The van der Waals surface area contributed by atoms with Crippen LogP contribution in [0.4, 0.5) is 4.79 Å². The number of amides is 1. The molecular weight excluding hydrogens is 224 g/mol. The molecule has 0 aromatic heterocycles. The van der Waals surface area contributed by atoms with E-state index in [1.54, 1.807) is 20.8 Å². The number of nitrogens with zero attached hydrogens (tertiary/aromatic N) is 1. The predicted octanol–water partition coefficient (Wildman–Crippen LogP) is 2.20. The molecule has 1 unspecified atom stereocenters. The molecule has 0 saturated heterocycles. The molecule has 0 rings (SSSR count). The molecule has 100 valence electrons. The summed E-state index contributed by atoms with van der Waals surface area (Å²) in [6, 6.07) is -0.241. The minimum Gasteiger partial charge on any atom is -0.444 e. The van der Waals surface area contributed by atoms with Gasteiger partial charge in [-0.05, 0) is 26.7 Å². The van der Waals surface area contributed by atoms with Crippen molar-refractivity contribution in [3.8, 4) is 0 Å². The van der Waals surface area contributed by atoms with Gasteiger partial charge in [0.2, 0.25) is 6.54 Å². The number of hydrogen-bond acceptors (Lipinski definition) is 4. The minimum atomic E-state index is -0.561. The Morgan fingerprint density at radius 1 is 1.41 bits per heavy atom. The highest BCUT2D eigenvalue weighted by Crippen LogP contribution is 2.10. The van der Waals surface area contributed by atoms with Crippen LogP contribution < -0.4 is 5.32 Å². The molecule has 17 heavy (non-hydrogen) atoms. The molecule has 0 bridgehead atoms. The maximum atomic E-state index is 11.5. The van der Waals surface area contributed by atoms with Crippen molar-refractivity contribution in [3.63, 3.8) is 0 Å². The van der Waals surface area contributed by atoms with Crippen LogP contribution >= 0.6 is 0 Å². The lowest BCUT2D eigenvalue weighted by Crippen LogP contribution is -2.42. The van der Waals surface area contributed by atoms with Crippen molar-refractivity contribution in [1.29, 1.82) is 0 Å². The Bertz CT molecular complexity index is 271. The Hall–Kier alpha value is -1.33. The molecule has 6 heteroatoms. The molecule has 0 aromatic carbocycles. The first-order chi connectivity index (χ1) is 7.61. The van der Waals surface area contributed by atoms with Crippen LogP contribution in [0, 0.1) is 16.0 Å². The highest BCUT2D eigenvalue weighted by molar-refractivity contribution is 5.68. The lowest BCUT2D eigenvalue weighted by atomic mass is 10.0. The van der Waals surface area contributed by atoms with E-state index < -0.39 is 11.7 Å². The van der Waals surface area contributed by atoms with Crippen molar-refractivity contribution in [2.24, 2.45) is 5.92 Å². The summed E-state index contributed by atoms with van der Waals surface area (Å²) < 4.78 is 5.11. The van der Waals surface area contributed by atoms with Gasteiger partial charge in [0.25, 0.3) is 0 Å². The molecule has 0 spiro atoms. The normalized spacial score (nSPS) is 13.3. The molecule has 0 aliphatic heterocycles. The number of ether oxygens (including phenoxy) is 1. The van der Waals surface area contributed by atoms with E-state index in [0.29, 0.717) is 6.42 Å². The summed E-state index contributed by atoms with van der Waals surface area (Å²) in [5.74, 6) is 0.127. The summed E-state index contributed by atoms with van der Waals surface area (Å²) in [6.07, 6.45) is -0.219. The Labute approximate surface area is 102 Å². The summed E-state index contributed by atoms with van der Waals surface area (Å²) in [5, 5.41) is 13.0. The third-order valence-electron chi connectivity index (χ3n) is 2.13. The van der Waals surface area contributed by atoms with Gasteiger partial charge < -0.3 is 10.1 Å². The first-order valence-corrected chi connectivity index (χ1v) is 5.73. The number of nitrogens with one attached hydrogen (secondary N) is 1. The summed E-state index contributed by atoms with van der Waals surface area (Å²) in [4.78, 5) is 21.4. The van der Waals surface area contributed by atoms with Gasteiger partial charge in [0.05, 0.1) is 0 Å². The smallest absolute Gasteiger partial charge is 0.407 e. The van der Waals surface area contributed by atoms with Crippen LogP contribution in [0.1, 0.15) is 41.0 Å². The van der Waals surface area contributed by atoms with Gasteiger partial charge >= 0.3 is 6.09 Å². The van der Waals surface area contributed by atoms with E-state index in [1.807, 2.05) is 13.8 Å². The van der Waals surface area contributed by atoms with E-state index in [2.05, 4.69) is 5.32 Å². The van der Waals surface area contributed by atoms with E-state index in [1.165, 1.54) is 0 Å². The lowest BCUT2D eigenvalue weighted by Gasteiger charge is -2.24. The van der Waals surface area contributed by atoms with Crippen LogP contribution in [-0.2, 0) is 4.74 Å². The van der Waals surface area contributed by atoms with Crippen molar-refractivity contribution in [3.05, 3.63) is 10.1 Å². The maximum absolute atomic E-state index is 11.5. The predicted molar refractivity (Wildman–Crippen MR) is 64.5 cm³/mol. The number of nitro groups is 1. The van der Waals surface area contributed by atoms with Gasteiger partial charge in [-0.2, -0.15) is 0 Å². The highest BCUT2D eigenvalue weighted by atomic mass is 16.6. The van der Waals surface area contributed by atoms with E-state index >= 15 is 0 Å². The van der Waals surface area contributed by atoms with Crippen molar-refractivity contribution >= 4 is 6.09 Å². The first kappa shape index (κ1) is 15.7. The third kappa shape index (κ3) is 8.47. The first-order valence-electron chi connectivity index (χ1n) is 5.73. The van der Waals surface area contributed by atoms with Crippen LogP contribution in [0.5, 0.6) is 0 Å². The molecule has 0 radical (unpaired) electrons. The van der Waals surface area contributed by atoms with Gasteiger partial charge in [-0.15, -0.1) is 0 Å². The maximum Gasteiger partial charge on any atom is 0.407 e. The second-order valence-corrected chi connectivity index (χ2v) is 5.34. The van der Waals surface area contributed by atoms with E-state index in [0.717, 1.165) is 0 Å². The number of alkyl carbamates (subject to hydrolysis) is 1. The van der Waals surface area contributed by atoms with Gasteiger partial charge in [-0.3, -0.25) is 10.1 Å². The molecule has 1 atom stereocenters. The molecule has 1 amide bonds. The minimum absolute atomic E-state index is 0.127. The average Bonchev–Trinajstić information content (AvgIpc) is 2.08. The van der Waals surface area contributed by atoms with E-state index in [4.69, 9.17) is 4.74 Å².